The number of aromatic nitrogens is 2. The van der Waals surface area contributed by atoms with Crippen molar-refractivity contribution in [1.29, 1.82) is 0 Å². The van der Waals surface area contributed by atoms with Crippen LogP contribution in [-0.4, -0.2) is 41.2 Å². The lowest BCUT2D eigenvalue weighted by Crippen LogP contribution is -2.33. The molecule has 246 valence electrons. The summed E-state index contributed by atoms with van der Waals surface area (Å²) in [5, 5.41) is 7.46. The van der Waals surface area contributed by atoms with E-state index in [0.717, 1.165) is 50.2 Å². The fourth-order valence-electron chi connectivity index (χ4n) is 6.05. The molecule has 0 saturated carbocycles. The third kappa shape index (κ3) is 6.95. The summed E-state index contributed by atoms with van der Waals surface area (Å²) in [4.78, 5) is 8.86. The van der Waals surface area contributed by atoms with Crippen LogP contribution in [0.2, 0.25) is 0 Å². The number of benzene rings is 3. The second-order valence-electron chi connectivity index (χ2n) is 12.6. The SMILES string of the molecule is C=C1C(c2noc(C(C)(C)c3ccc(F)cc3)n2)=CN(Cc2ccc(C(F)(F)F)cc2)c2cc(NCCN3CCCCC3)c(F)cc21. The molecule has 0 amide bonds. The van der Waals surface area contributed by atoms with Gasteiger partial charge in [0.15, 0.2) is 0 Å². The highest BCUT2D eigenvalue weighted by molar-refractivity contribution is 6.08. The smallest absolute Gasteiger partial charge is 0.381 e. The van der Waals surface area contributed by atoms with Gasteiger partial charge in [-0.1, -0.05) is 42.4 Å². The van der Waals surface area contributed by atoms with Gasteiger partial charge in [0, 0.05) is 37.0 Å². The second kappa shape index (κ2) is 12.9. The Balaban J connectivity index is 1.33. The summed E-state index contributed by atoms with van der Waals surface area (Å²) in [6, 6.07) is 14.1. The highest BCUT2D eigenvalue weighted by Gasteiger charge is 2.33. The minimum atomic E-state index is -4.45. The minimum absolute atomic E-state index is 0.187. The van der Waals surface area contributed by atoms with Gasteiger partial charge in [0.05, 0.1) is 22.4 Å². The lowest BCUT2D eigenvalue weighted by molar-refractivity contribution is -0.137. The summed E-state index contributed by atoms with van der Waals surface area (Å²) in [6.45, 7) is 11.6. The normalized spacial score (nSPS) is 15.9. The van der Waals surface area contributed by atoms with Crippen molar-refractivity contribution in [2.24, 2.45) is 0 Å². The number of hydrogen-bond donors (Lipinski definition) is 1. The second-order valence-corrected chi connectivity index (χ2v) is 12.6. The van der Waals surface area contributed by atoms with Gasteiger partial charge in [0.2, 0.25) is 11.7 Å². The fourth-order valence-corrected chi connectivity index (χ4v) is 6.05. The van der Waals surface area contributed by atoms with Crippen LogP contribution in [0.25, 0.3) is 11.1 Å². The number of fused-ring (bicyclic) bond motifs is 1. The third-order valence-corrected chi connectivity index (χ3v) is 8.92. The molecule has 3 heterocycles. The summed E-state index contributed by atoms with van der Waals surface area (Å²) in [5.41, 5.74) is 2.28. The Hall–Kier alpha value is -4.51. The molecule has 1 N–H and O–H groups in total. The van der Waals surface area contributed by atoms with Gasteiger partial charge in [0.25, 0.3) is 0 Å². The van der Waals surface area contributed by atoms with Gasteiger partial charge >= 0.3 is 6.18 Å². The van der Waals surface area contributed by atoms with Crippen LogP contribution >= 0.6 is 0 Å². The highest BCUT2D eigenvalue weighted by atomic mass is 19.4. The van der Waals surface area contributed by atoms with Crippen molar-refractivity contribution in [2.45, 2.75) is 51.2 Å². The van der Waals surface area contributed by atoms with Crippen molar-refractivity contribution in [3.05, 3.63) is 119 Å². The highest BCUT2D eigenvalue weighted by Crippen LogP contribution is 2.43. The van der Waals surface area contributed by atoms with E-state index >= 15 is 4.39 Å². The van der Waals surface area contributed by atoms with E-state index in [-0.39, 0.29) is 24.1 Å². The van der Waals surface area contributed by atoms with E-state index in [0.29, 0.717) is 40.2 Å². The van der Waals surface area contributed by atoms with E-state index in [9.17, 15) is 17.6 Å². The predicted octanol–water partition coefficient (Wildman–Crippen LogP) is 8.66. The Morgan fingerprint density at radius 3 is 2.28 bits per heavy atom. The molecule has 0 radical (unpaired) electrons. The summed E-state index contributed by atoms with van der Waals surface area (Å²) in [7, 11) is 0. The summed E-state index contributed by atoms with van der Waals surface area (Å²) in [6.07, 6.45) is 0.861. The monoisotopic (exact) mass is 649 g/mol. The number of piperidine rings is 1. The number of nitrogens with one attached hydrogen (secondary N) is 1. The first kappa shape index (κ1) is 32.4. The average molecular weight is 650 g/mol. The Morgan fingerprint density at radius 1 is 0.915 bits per heavy atom. The number of likely N-dealkylation sites (tertiary alicyclic amines) is 1. The number of halogens is 5. The molecule has 0 bridgehead atoms. The molecule has 47 heavy (non-hydrogen) atoms. The molecule has 0 unspecified atom stereocenters. The van der Waals surface area contributed by atoms with Crippen LogP contribution in [0.15, 0.2) is 78.0 Å². The van der Waals surface area contributed by atoms with Gasteiger partial charge in [-0.3, -0.25) is 0 Å². The molecule has 2 aliphatic rings. The maximum atomic E-state index is 15.6. The standard InChI is InChI=1S/C36H36F5N5O/c1-23-28-19-30(38)31(42-15-18-45-16-5-4-6-17-45)20-32(28)46(21-24-7-9-26(10-8-24)36(39,40)41)22-29(23)33-43-34(47-44-33)35(2,3)25-11-13-27(37)14-12-25/h7-14,19-20,22,42H,1,4-6,15-18,21H2,2-3H3. The molecular weight excluding hydrogens is 613 g/mol. The zero-order valence-electron chi connectivity index (χ0n) is 26.3. The molecule has 1 aromatic heterocycles. The van der Waals surface area contributed by atoms with Crippen molar-refractivity contribution in [2.75, 3.05) is 36.4 Å². The largest absolute Gasteiger partial charge is 0.416 e. The fraction of sp³-hybridized carbons (Fsp3) is 0.333. The molecule has 11 heteroatoms. The number of anilines is 2. The molecule has 6 rings (SSSR count). The van der Waals surface area contributed by atoms with Crippen molar-refractivity contribution in [3.63, 3.8) is 0 Å². The molecule has 1 fully saturated rings. The van der Waals surface area contributed by atoms with E-state index in [1.807, 2.05) is 18.7 Å². The molecule has 0 spiro atoms. The summed E-state index contributed by atoms with van der Waals surface area (Å²) >= 11 is 0. The van der Waals surface area contributed by atoms with E-state index in [1.54, 1.807) is 24.4 Å². The van der Waals surface area contributed by atoms with Crippen molar-refractivity contribution in [1.82, 2.24) is 15.0 Å². The quantitative estimate of drug-likeness (QED) is 0.183. The Labute approximate surface area is 270 Å². The van der Waals surface area contributed by atoms with Crippen LogP contribution in [0, 0.1) is 11.6 Å². The molecular formula is C36H36F5N5O. The van der Waals surface area contributed by atoms with Crippen LogP contribution in [0.5, 0.6) is 0 Å². The number of allylic oxidation sites excluding steroid dienone is 2. The molecule has 3 aromatic carbocycles. The van der Waals surface area contributed by atoms with Crippen LogP contribution in [-0.2, 0) is 18.1 Å². The molecule has 4 aromatic rings. The number of hydrogen-bond acceptors (Lipinski definition) is 6. The van der Waals surface area contributed by atoms with Gasteiger partial charge in [-0.05, 0) is 92.9 Å². The Morgan fingerprint density at radius 2 is 1.60 bits per heavy atom. The minimum Gasteiger partial charge on any atom is -0.381 e. The first-order chi connectivity index (χ1) is 22.4. The molecule has 0 atom stereocenters. The van der Waals surface area contributed by atoms with Crippen LogP contribution in [0.1, 0.15) is 67.1 Å². The maximum Gasteiger partial charge on any atom is 0.416 e. The van der Waals surface area contributed by atoms with Crippen LogP contribution in [0.4, 0.5) is 33.3 Å². The van der Waals surface area contributed by atoms with Crippen LogP contribution in [0.3, 0.4) is 0 Å². The molecule has 6 nitrogen and oxygen atoms in total. The first-order valence-corrected chi connectivity index (χ1v) is 15.6. The van der Waals surface area contributed by atoms with E-state index in [2.05, 4.69) is 26.9 Å². The average Bonchev–Trinajstić information content (AvgIpc) is 3.55. The van der Waals surface area contributed by atoms with Crippen molar-refractivity contribution >= 4 is 22.5 Å². The maximum absolute atomic E-state index is 15.6. The van der Waals surface area contributed by atoms with Gasteiger partial charge in [0.1, 0.15) is 11.6 Å². The van der Waals surface area contributed by atoms with Gasteiger partial charge < -0.3 is 19.6 Å². The van der Waals surface area contributed by atoms with Gasteiger partial charge in [-0.15, -0.1) is 0 Å². The lowest BCUT2D eigenvalue weighted by atomic mass is 9.84. The zero-order chi connectivity index (χ0) is 33.3. The predicted molar refractivity (Wildman–Crippen MR) is 173 cm³/mol. The van der Waals surface area contributed by atoms with Crippen LogP contribution < -0.4 is 10.2 Å². The third-order valence-electron chi connectivity index (χ3n) is 8.92. The Bertz CT molecular complexity index is 1770. The summed E-state index contributed by atoms with van der Waals surface area (Å²) in [5.74, 6) is -0.316. The van der Waals surface area contributed by atoms with E-state index in [1.165, 1.54) is 36.8 Å². The van der Waals surface area contributed by atoms with E-state index in [4.69, 9.17) is 4.52 Å². The summed E-state index contributed by atoms with van der Waals surface area (Å²) < 4.78 is 74.6. The zero-order valence-corrected chi connectivity index (χ0v) is 26.3. The topological polar surface area (TPSA) is 57.4 Å². The lowest BCUT2D eigenvalue weighted by Gasteiger charge is -2.31. The first-order valence-electron chi connectivity index (χ1n) is 15.6. The number of nitrogens with zero attached hydrogens (tertiary/aromatic N) is 4. The number of alkyl halides is 3. The van der Waals surface area contributed by atoms with Gasteiger partial charge in [-0.2, -0.15) is 18.2 Å². The molecule has 1 saturated heterocycles. The van der Waals surface area contributed by atoms with Crippen molar-refractivity contribution in [3.8, 4) is 0 Å². The Kier molecular flexibility index (Phi) is 8.93. The molecule has 0 aliphatic carbocycles. The molecule has 2 aliphatic heterocycles. The van der Waals surface area contributed by atoms with Gasteiger partial charge in [-0.25, -0.2) is 8.78 Å². The number of rotatable bonds is 9. The van der Waals surface area contributed by atoms with Crippen molar-refractivity contribution < 1.29 is 26.5 Å². The van der Waals surface area contributed by atoms with E-state index < -0.39 is 23.0 Å².